The number of anilines is 1. The minimum absolute atomic E-state index is 0.0331. The van der Waals surface area contributed by atoms with Gasteiger partial charge in [-0.2, -0.15) is 12.7 Å². The number of rotatable bonds is 5. The highest BCUT2D eigenvalue weighted by Crippen LogP contribution is 2.60. The third-order valence-electron chi connectivity index (χ3n) is 8.66. The first-order valence-electron chi connectivity index (χ1n) is 12.0. The molecule has 34 heavy (non-hydrogen) atoms. The lowest BCUT2D eigenvalue weighted by molar-refractivity contribution is -0.147. The molecule has 3 unspecified atom stereocenters. The van der Waals surface area contributed by atoms with E-state index < -0.39 is 21.7 Å². The maximum absolute atomic E-state index is 13.3. The van der Waals surface area contributed by atoms with Crippen LogP contribution >= 0.6 is 0 Å². The second kappa shape index (κ2) is 7.48. The van der Waals surface area contributed by atoms with E-state index in [1.807, 2.05) is 0 Å². The molecular weight excluding hydrogens is 460 g/mol. The summed E-state index contributed by atoms with van der Waals surface area (Å²) in [7, 11) is -3.88. The van der Waals surface area contributed by atoms with Crippen molar-refractivity contribution in [2.24, 2.45) is 28.9 Å². The van der Waals surface area contributed by atoms with Gasteiger partial charge in [-0.05, 0) is 68.9 Å². The monoisotopic (exact) mass is 490 g/mol. The highest BCUT2D eigenvalue weighted by Gasteiger charge is 2.58. The van der Waals surface area contributed by atoms with Crippen molar-refractivity contribution in [1.29, 1.82) is 0 Å². The Hall–Kier alpha value is -2.53. The SMILES string of the molecule is CC(C(=O)NC1C2CC3CC1CC(C(N)=O)(C3)C2)N1CCN(c2ccc3c(c2)OCO3)S1(=O)=O. The van der Waals surface area contributed by atoms with Gasteiger partial charge in [0.1, 0.15) is 6.04 Å². The molecule has 1 aromatic rings. The molecule has 4 saturated carbocycles. The van der Waals surface area contributed by atoms with Crippen LogP contribution in [-0.2, 0) is 19.8 Å². The van der Waals surface area contributed by atoms with Crippen molar-refractivity contribution in [2.75, 3.05) is 24.2 Å². The highest BCUT2D eigenvalue weighted by molar-refractivity contribution is 7.90. The largest absolute Gasteiger partial charge is 0.454 e. The lowest BCUT2D eigenvalue weighted by Crippen LogP contribution is -2.63. The van der Waals surface area contributed by atoms with Crippen LogP contribution in [0.1, 0.15) is 39.0 Å². The summed E-state index contributed by atoms with van der Waals surface area (Å²) in [5.74, 6) is 1.51. The van der Waals surface area contributed by atoms with Gasteiger partial charge in [0, 0.05) is 30.6 Å². The molecule has 5 fully saturated rings. The van der Waals surface area contributed by atoms with Crippen molar-refractivity contribution in [3.05, 3.63) is 18.2 Å². The Kier molecular flexibility index (Phi) is 4.83. The minimum atomic E-state index is -3.88. The molecule has 3 N–H and O–H groups in total. The van der Waals surface area contributed by atoms with Crippen molar-refractivity contribution in [1.82, 2.24) is 9.62 Å². The summed E-state index contributed by atoms with van der Waals surface area (Å²) in [6.07, 6.45) is 4.28. The fourth-order valence-electron chi connectivity index (χ4n) is 7.22. The number of benzene rings is 1. The number of nitrogens with two attached hydrogens (primary N) is 1. The molecule has 1 aromatic carbocycles. The molecule has 184 valence electrons. The summed E-state index contributed by atoms with van der Waals surface area (Å²) in [5, 5.41) is 3.17. The molecular formula is C23H30N4O6S. The van der Waals surface area contributed by atoms with Gasteiger partial charge < -0.3 is 20.5 Å². The molecule has 1 saturated heterocycles. The average Bonchev–Trinajstić information content (AvgIpc) is 3.37. The number of nitrogens with zero attached hydrogens (tertiary/aromatic N) is 2. The number of hydrogen-bond donors (Lipinski definition) is 2. The Morgan fingerprint density at radius 2 is 1.82 bits per heavy atom. The maximum Gasteiger partial charge on any atom is 0.304 e. The Labute approximate surface area is 198 Å². The maximum atomic E-state index is 13.3. The van der Waals surface area contributed by atoms with Gasteiger partial charge >= 0.3 is 10.2 Å². The summed E-state index contributed by atoms with van der Waals surface area (Å²) in [6.45, 7) is 2.21. The number of amides is 2. The van der Waals surface area contributed by atoms with Crippen LogP contribution in [0.3, 0.4) is 0 Å². The van der Waals surface area contributed by atoms with E-state index in [2.05, 4.69) is 5.32 Å². The normalized spacial score (nSPS) is 36.0. The van der Waals surface area contributed by atoms with Crippen molar-refractivity contribution in [2.45, 2.75) is 51.1 Å². The first-order chi connectivity index (χ1) is 16.2. The zero-order chi connectivity index (χ0) is 23.8. The molecule has 0 spiro atoms. The van der Waals surface area contributed by atoms with E-state index in [0.717, 1.165) is 19.3 Å². The smallest absolute Gasteiger partial charge is 0.304 e. The van der Waals surface area contributed by atoms with Crippen LogP contribution in [-0.4, -0.2) is 56.5 Å². The van der Waals surface area contributed by atoms with Crippen LogP contribution in [0.2, 0.25) is 0 Å². The Morgan fingerprint density at radius 3 is 2.53 bits per heavy atom. The summed E-state index contributed by atoms with van der Waals surface area (Å²) in [4.78, 5) is 25.4. The molecule has 3 atom stereocenters. The zero-order valence-electron chi connectivity index (χ0n) is 19.1. The Balaban J connectivity index is 1.16. The molecule has 0 aromatic heterocycles. The van der Waals surface area contributed by atoms with Gasteiger partial charge in [0.05, 0.1) is 5.69 Å². The molecule has 6 aliphatic rings. The van der Waals surface area contributed by atoms with Crippen LogP contribution in [0, 0.1) is 23.2 Å². The third-order valence-corrected chi connectivity index (χ3v) is 10.7. The van der Waals surface area contributed by atoms with Crippen molar-refractivity contribution < 1.29 is 27.5 Å². The molecule has 2 amide bonds. The summed E-state index contributed by atoms with van der Waals surface area (Å²) < 4.78 is 39.9. The average molecular weight is 491 g/mol. The second-order valence-corrected chi connectivity index (χ2v) is 12.4. The van der Waals surface area contributed by atoms with Crippen LogP contribution < -0.4 is 24.8 Å². The van der Waals surface area contributed by atoms with E-state index in [0.29, 0.717) is 35.9 Å². The van der Waals surface area contributed by atoms with E-state index >= 15 is 0 Å². The number of hydrogen-bond acceptors (Lipinski definition) is 6. The van der Waals surface area contributed by atoms with Crippen molar-refractivity contribution >= 4 is 27.7 Å². The lowest BCUT2D eigenvalue weighted by atomic mass is 9.47. The van der Waals surface area contributed by atoms with Gasteiger partial charge in [0.15, 0.2) is 11.5 Å². The minimum Gasteiger partial charge on any atom is -0.454 e. The van der Waals surface area contributed by atoms with E-state index in [9.17, 15) is 18.0 Å². The van der Waals surface area contributed by atoms with Gasteiger partial charge in [-0.25, -0.2) is 0 Å². The second-order valence-electron chi connectivity index (χ2n) is 10.6. The topological polar surface area (TPSA) is 131 Å². The molecule has 7 rings (SSSR count). The van der Waals surface area contributed by atoms with E-state index in [1.54, 1.807) is 25.1 Å². The van der Waals surface area contributed by atoms with Crippen LogP contribution in [0.5, 0.6) is 11.5 Å². The van der Waals surface area contributed by atoms with Gasteiger partial charge in [0.25, 0.3) is 0 Å². The predicted octanol–water partition coefficient (Wildman–Crippen LogP) is 0.967. The van der Waals surface area contributed by atoms with E-state index in [1.165, 1.54) is 8.61 Å². The molecule has 0 radical (unpaired) electrons. The summed E-state index contributed by atoms with van der Waals surface area (Å²) in [5.41, 5.74) is 5.83. The fraction of sp³-hybridized carbons (Fsp3) is 0.652. The number of fused-ring (bicyclic) bond motifs is 1. The number of carbonyl (C=O) groups is 2. The van der Waals surface area contributed by atoms with Gasteiger partial charge in [-0.1, -0.05) is 0 Å². The van der Waals surface area contributed by atoms with Crippen LogP contribution in [0.15, 0.2) is 18.2 Å². The number of primary amides is 1. The molecule has 2 aliphatic heterocycles. The summed E-state index contributed by atoms with van der Waals surface area (Å²) in [6, 6.07) is 4.15. The number of nitrogens with one attached hydrogen (secondary N) is 1. The Morgan fingerprint density at radius 1 is 1.12 bits per heavy atom. The van der Waals surface area contributed by atoms with E-state index in [-0.39, 0.29) is 49.6 Å². The summed E-state index contributed by atoms with van der Waals surface area (Å²) >= 11 is 0. The van der Waals surface area contributed by atoms with Crippen molar-refractivity contribution in [3.63, 3.8) is 0 Å². The molecule has 4 aliphatic carbocycles. The quantitative estimate of drug-likeness (QED) is 0.632. The van der Waals surface area contributed by atoms with E-state index in [4.69, 9.17) is 15.2 Å². The first-order valence-corrected chi connectivity index (χ1v) is 13.4. The van der Waals surface area contributed by atoms with Crippen LogP contribution in [0.25, 0.3) is 0 Å². The zero-order valence-corrected chi connectivity index (χ0v) is 19.9. The molecule has 2 heterocycles. The lowest BCUT2D eigenvalue weighted by Gasteiger charge is -2.59. The molecule has 10 nitrogen and oxygen atoms in total. The predicted molar refractivity (Wildman–Crippen MR) is 122 cm³/mol. The van der Waals surface area contributed by atoms with Gasteiger partial charge in [0.2, 0.25) is 18.6 Å². The van der Waals surface area contributed by atoms with Gasteiger partial charge in [-0.15, -0.1) is 0 Å². The number of ether oxygens (including phenoxy) is 2. The van der Waals surface area contributed by atoms with Crippen molar-refractivity contribution in [3.8, 4) is 11.5 Å². The Bertz CT molecular complexity index is 1140. The van der Waals surface area contributed by atoms with Gasteiger partial charge in [-0.3, -0.25) is 13.9 Å². The van der Waals surface area contributed by atoms with Crippen LogP contribution in [0.4, 0.5) is 5.69 Å². The molecule has 11 heteroatoms. The first kappa shape index (κ1) is 22.0. The third kappa shape index (κ3) is 3.19. The molecule has 4 bridgehead atoms. The fourth-order valence-corrected chi connectivity index (χ4v) is 8.97. The standard InChI is InChI=1S/C23H30N4O6S/c1-13(21(28)25-20-15-6-14-7-16(20)11-23(9-14,10-15)22(24)29)26-4-5-27(34(26,30)31)17-2-3-18-19(8-17)33-12-32-18/h2-3,8,13-16,20H,4-7,9-12H2,1H3,(H2,24,29)(H,25,28). The highest BCUT2D eigenvalue weighted by atomic mass is 32.2. The number of carbonyl (C=O) groups excluding carboxylic acids is 2.